The maximum absolute atomic E-state index is 10.4. The zero-order chi connectivity index (χ0) is 14.9. The third-order valence-corrected chi connectivity index (χ3v) is 3.53. The van der Waals surface area contributed by atoms with Crippen molar-refractivity contribution in [3.63, 3.8) is 0 Å². The Bertz CT molecular complexity index is 705. The van der Waals surface area contributed by atoms with Gasteiger partial charge < -0.3 is 4.57 Å². The number of rotatable bonds is 3. The molecule has 0 aliphatic carbocycles. The highest BCUT2D eigenvalue weighted by molar-refractivity contribution is 6.35. The van der Waals surface area contributed by atoms with Gasteiger partial charge in [0.25, 0.3) is 0 Å². The van der Waals surface area contributed by atoms with E-state index < -0.39 is 4.92 Å². The summed E-state index contributed by atoms with van der Waals surface area (Å²) in [6.07, 6.45) is 2.40. The molecule has 1 aromatic carbocycles. The van der Waals surface area contributed by atoms with Crippen molar-refractivity contribution in [3.8, 4) is 5.69 Å². The molecule has 2 rings (SSSR count). The SMILES string of the molecule is Cc1cc(C=C[N+](=O)[O-])c(C)n1-c1ccc(Cl)cc1Cl. The number of aryl methyl sites for hydroxylation is 1. The van der Waals surface area contributed by atoms with Crippen molar-refractivity contribution in [2.24, 2.45) is 0 Å². The lowest BCUT2D eigenvalue weighted by Gasteiger charge is -2.11. The summed E-state index contributed by atoms with van der Waals surface area (Å²) in [5, 5.41) is 11.5. The molecule has 0 atom stereocenters. The van der Waals surface area contributed by atoms with Crippen LogP contribution in [-0.4, -0.2) is 9.49 Å². The third kappa shape index (κ3) is 2.86. The first-order valence-corrected chi connectivity index (χ1v) is 6.62. The van der Waals surface area contributed by atoms with E-state index >= 15 is 0 Å². The number of hydrogen-bond acceptors (Lipinski definition) is 2. The molecule has 0 unspecified atom stereocenters. The van der Waals surface area contributed by atoms with Crippen LogP contribution in [0.3, 0.4) is 0 Å². The van der Waals surface area contributed by atoms with Gasteiger partial charge in [0.2, 0.25) is 6.20 Å². The minimum absolute atomic E-state index is 0.485. The van der Waals surface area contributed by atoms with Gasteiger partial charge in [-0.25, -0.2) is 0 Å². The first-order chi connectivity index (χ1) is 9.40. The first kappa shape index (κ1) is 14.6. The molecule has 0 spiro atoms. The second-order valence-corrected chi connectivity index (χ2v) is 5.20. The second kappa shape index (κ2) is 5.69. The van der Waals surface area contributed by atoms with Crippen LogP contribution in [0.4, 0.5) is 0 Å². The molecule has 0 saturated heterocycles. The van der Waals surface area contributed by atoms with Crippen LogP contribution in [0.2, 0.25) is 10.0 Å². The normalized spacial score (nSPS) is 11.2. The van der Waals surface area contributed by atoms with Gasteiger partial charge in [-0.15, -0.1) is 0 Å². The Morgan fingerprint density at radius 1 is 1.25 bits per heavy atom. The van der Waals surface area contributed by atoms with Gasteiger partial charge in [-0.1, -0.05) is 23.2 Å². The van der Waals surface area contributed by atoms with Gasteiger partial charge in [0.15, 0.2) is 0 Å². The summed E-state index contributed by atoms with van der Waals surface area (Å²) in [7, 11) is 0. The maximum Gasteiger partial charge on any atom is 0.235 e. The molecule has 20 heavy (non-hydrogen) atoms. The van der Waals surface area contributed by atoms with Crippen LogP contribution >= 0.6 is 23.2 Å². The van der Waals surface area contributed by atoms with Gasteiger partial charge in [0, 0.05) is 28.0 Å². The van der Waals surface area contributed by atoms with Gasteiger partial charge >= 0.3 is 0 Å². The van der Waals surface area contributed by atoms with Crippen molar-refractivity contribution >= 4 is 29.3 Å². The topological polar surface area (TPSA) is 48.1 Å². The molecular formula is C14H12Cl2N2O2. The molecule has 0 N–H and O–H groups in total. The van der Waals surface area contributed by atoms with Crippen molar-refractivity contribution in [1.82, 2.24) is 4.57 Å². The fraction of sp³-hybridized carbons (Fsp3) is 0.143. The standard InChI is InChI=1S/C14H12Cl2N2O2/c1-9-7-11(5-6-17(19)20)10(2)18(9)14-4-3-12(15)8-13(14)16/h3-8H,1-2H3. The number of nitrogens with zero attached hydrogens (tertiary/aromatic N) is 2. The van der Waals surface area contributed by atoms with Gasteiger partial charge in [-0.2, -0.15) is 0 Å². The Balaban J connectivity index is 2.55. The van der Waals surface area contributed by atoms with Crippen LogP contribution in [0.25, 0.3) is 11.8 Å². The number of hydrogen-bond donors (Lipinski definition) is 0. The van der Waals surface area contributed by atoms with Crippen molar-refractivity contribution in [1.29, 1.82) is 0 Å². The van der Waals surface area contributed by atoms with Crippen LogP contribution in [0.5, 0.6) is 0 Å². The van der Waals surface area contributed by atoms with Crippen molar-refractivity contribution in [2.45, 2.75) is 13.8 Å². The van der Waals surface area contributed by atoms with Crippen LogP contribution in [0, 0.1) is 24.0 Å². The lowest BCUT2D eigenvalue weighted by atomic mass is 10.2. The monoisotopic (exact) mass is 310 g/mol. The van der Waals surface area contributed by atoms with E-state index in [2.05, 4.69) is 0 Å². The lowest BCUT2D eigenvalue weighted by molar-refractivity contribution is -0.400. The average molecular weight is 311 g/mol. The molecular weight excluding hydrogens is 299 g/mol. The molecule has 0 saturated carbocycles. The van der Waals surface area contributed by atoms with Gasteiger partial charge in [0.05, 0.1) is 15.6 Å². The van der Waals surface area contributed by atoms with E-state index in [0.29, 0.717) is 10.0 Å². The number of halogens is 2. The minimum atomic E-state index is -0.485. The molecule has 0 fully saturated rings. The average Bonchev–Trinajstić information content (AvgIpc) is 2.63. The van der Waals surface area contributed by atoms with E-state index in [9.17, 15) is 10.1 Å². The highest BCUT2D eigenvalue weighted by Crippen LogP contribution is 2.29. The van der Waals surface area contributed by atoms with Crippen LogP contribution < -0.4 is 0 Å². The summed E-state index contributed by atoms with van der Waals surface area (Å²) in [4.78, 5) is 9.93. The molecule has 4 nitrogen and oxygen atoms in total. The summed E-state index contributed by atoms with van der Waals surface area (Å²) < 4.78 is 1.94. The van der Waals surface area contributed by atoms with Crippen molar-refractivity contribution < 1.29 is 4.92 Å². The first-order valence-electron chi connectivity index (χ1n) is 5.86. The minimum Gasteiger partial charge on any atom is -0.316 e. The zero-order valence-electron chi connectivity index (χ0n) is 10.9. The lowest BCUT2D eigenvalue weighted by Crippen LogP contribution is -2.00. The van der Waals surface area contributed by atoms with E-state index in [1.165, 1.54) is 6.08 Å². The van der Waals surface area contributed by atoms with E-state index in [4.69, 9.17) is 23.2 Å². The Morgan fingerprint density at radius 2 is 1.95 bits per heavy atom. The van der Waals surface area contributed by atoms with Crippen LogP contribution in [0.15, 0.2) is 30.5 Å². The van der Waals surface area contributed by atoms with E-state index in [1.54, 1.807) is 12.1 Å². The Hall–Kier alpha value is -1.78. The second-order valence-electron chi connectivity index (χ2n) is 4.36. The van der Waals surface area contributed by atoms with Crippen molar-refractivity contribution in [2.75, 3.05) is 0 Å². The quantitative estimate of drug-likeness (QED) is 0.612. The summed E-state index contributed by atoms with van der Waals surface area (Å²) >= 11 is 12.1. The molecule has 1 heterocycles. The molecule has 0 aliphatic rings. The van der Waals surface area contributed by atoms with E-state index in [-0.39, 0.29) is 0 Å². The van der Waals surface area contributed by atoms with E-state index in [1.807, 2.05) is 30.5 Å². The smallest absolute Gasteiger partial charge is 0.235 e. The summed E-state index contributed by atoms with van der Waals surface area (Å²) in [6, 6.07) is 7.13. The largest absolute Gasteiger partial charge is 0.316 e. The molecule has 1 aromatic heterocycles. The number of benzene rings is 1. The van der Waals surface area contributed by atoms with Gasteiger partial charge in [-0.05, 0) is 38.1 Å². The fourth-order valence-electron chi connectivity index (χ4n) is 2.13. The predicted molar refractivity (Wildman–Crippen MR) is 81.3 cm³/mol. The summed E-state index contributed by atoms with van der Waals surface area (Å²) in [6.45, 7) is 3.80. The predicted octanol–water partition coefficient (Wildman–Crippen LogP) is 4.65. The maximum atomic E-state index is 10.4. The summed E-state index contributed by atoms with van der Waals surface area (Å²) in [5.41, 5.74) is 3.40. The molecule has 0 aliphatic heterocycles. The molecule has 104 valence electrons. The summed E-state index contributed by atoms with van der Waals surface area (Å²) in [5.74, 6) is 0. The molecule has 0 bridgehead atoms. The molecule has 2 aromatic rings. The zero-order valence-corrected chi connectivity index (χ0v) is 12.4. The Morgan fingerprint density at radius 3 is 2.55 bits per heavy atom. The van der Waals surface area contributed by atoms with Gasteiger partial charge in [-0.3, -0.25) is 10.1 Å². The Kier molecular flexibility index (Phi) is 4.16. The van der Waals surface area contributed by atoms with Crippen LogP contribution in [-0.2, 0) is 0 Å². The number of nitro groups is 1. The van der Waals surface area contributed by atoms with E-state index in [0.717, 1.165) is 28.8 Å². The fourth-order valence-corrected chi connectivity index (χ4v) is 2.62. The number of aromatic nitrogens is 1. The third-order valence-electron chi connectivity index (χ3n) is 3.00. The van der Waals surface area contributed by atoms with Crippen LogP contribution in [0.1, 0.15) is 17.0 Å². The highest BCUT2D eigenvalue weighted by Gasteiger charge is 2.12. The highest BCUT2D eigenvalue weighted by atomic mass is 35.5. The molecule has 0 radical (unpaired) electrons. The van der Waals surface area contributed by atoms with Crippen molar-refractivity contribution in [3.05, 3.63) is 67.6 Å². The molecule has 6 heteroatoms. The van der Waals surface area contributed by atoms with Gasteiger partial charge in [0.1, 0.15) is 0 Å². The molecule has 0 amide bonds. The Labute approximate surface area is 126 Å².